The Balaban J connectivity index is 1.57. The molecule has 3 fully saturated rings. The molecule has 3 saturated heterocycles. The van der Waals surface area contributed by atoms with Crippen molar-refractivity contribution in [3.05, 3.63) is 35.9 Å². The Hall–Kier alpha value is -1.06. The summed E-state index contributed by atoms with van der Waals surface area (Å²) in [6.07, 6.45) is -1.97. The van der Waals surface area contributed by atoms with Crippen molar-refractivity contribution < 1.29 is 28.8 Å². The van der Waals surface area contributed by atoms with Crippen molar-refractivity contribution in [1.82, 2.24) is 4.90 Å². The maximum absolute atomic E-state index is 9.33. The SMILES string of the molecule is CCN(CCO)CC1OC(c2ccccc2)OC2C1OC1OC(C)(C)OC12. The molecular formula is C20H29NO6. The van der Waals surface area contributed by atoms with Crippen LogP contribution in [0.5, 0.6) is 0 Å². The Morgan fingerprint density at radius 3 is 2.48 bits per heavy atom. The Bertz CT molecular complexity index is 626. The Morgan fingerprint density at radius 2 is 1.78 bits per heavy atom. The summed E-state index contributed by atoms with van der Waals surface area (Å²) < 4.78 is 30.7. The van der Waals surface area contributed by atoms with Gasteiger partial charge in [-0.3, -0.25) is 4.90 Å². The molecule has 0 bridgehead atoms. The molecule has 27 heavy (non-hydrogen) atoms. The summed E-state index contributed by atoms with van der Waals surface area (Å²) in [5.74, 6) is -0.688. The molecule has 0 aromatic heterocycles. The number of ether oxygens (including phenoxy) is 5. The van der Waals surface area contributed by atoms with E-state index in [1.165, 1.54) is 0 Å². The molecule has 150 valence electrons. The fraction of sp³-hybridized carbons (Fsp3) is 0.700. The van der Waals surface area contributed by atoms with Gasteiger partial charge in [-0.25, -0.2) is 0 Å². The molecule has 1 aromatic rings. The molecule has 0 saturated carbocycles. The maximum atomic E-state index is 9.33. The molecule has 1 aromatic carbocycles. The number of fused-ring (bicyclic) bond motifs is 3. The standard InChI is InChI=1S/C20H29NO6/c1-4-21(10-11-22)12-14-15-16(17-19(24-15)27-20(2,3)26-17)25-18(23-14)13-8-6-5-7-9-13/h5-9,14-19,22H,4,10-12H2,1-3H3. The van der Waals surface area contributed by atoms with E-state index in [2.05, 4.69) is 11.8 Å². The zero-order chi connectivity index (χ0) is 19.0. The molecule has 3 aliphatic heterocycles. The van der Waals surface area contributed by atoms with Gasteiger partial charge in [0.25, 0.3) is 0 Å². The first-order valence-electron chi connectivity index (χ1n) is 9.71. The highest BCUT2D eigenvalue weighted by Gasteiger charge is 2.60. The highest BCUT2D eigenvalue weighted by atomic mass is 16.9. The van der Waals surface area contributed by atoms with E-state index in [1.807, 2.05) is 44.2 Å². The summed E-state index contributed by atoms with van der Waals surface area (Å²) in [6, 6.07) is 9.91. The topological polar surface area (TPSA) is 69.6 Å². The second-order valence-corrected chi connectivity index (χ2v) is 7.70. The van der Waals surface area contributed by atoms with Crippen LogP contribution in [0.15, 0.2) is 30.3 Å². The van der Waals surface area contributed by atoms with Crippen LogP contribution in [0.3, 0.4) is 0 Å². The van der Waals surface area contributed by atoms with Gasteiger partial charge >= 0.3 is 0 Å². The first kappa shape index (κ1) is 19.3. The highest BCUT2D eigenvalue weighted by Crippen LogP contribution is 2.45. The van der Waals surface area contributed by atoms with E-state index in [0.29, 0.717) is 13.1 Å². The first-order valence-corrected chi connectivity index (χ1v) is 9.71. The molecule has 4 rings (SSSR count). The van der Waals surface area contributed by atoms with Crippen LogP contribution in [-0.4, -0.2) is 72.7 Å². The minimum atomic E-state index is -0.688. The third kappa shape index (κ3) is 3.91. The van der Waals surface area contributed by atoms with Crippen LogP contribution >= 0.6 is 0 Å². The molecule has 6 atom stereocenters. The number of hydrogen-bond donors (Lipinski definition) is 1. The Morgan fingerprint density at radius 1 is 1.00 bits per heavy atom. The quantitative estimate of drug-likeness (QED) is 0.806. The molecule has 3 aliphatic rings. The van der Waals surface area contributed by atoms with Crippen LogP contribution in [0.1, 0.15) is 32.6 Å². The van der Waals surface area contributed by atoms with Crippen molar-refractivity contribution in [3.63, 3.8) is 0 Å². The third-order valence-electron chi connectivity index (χ3n) is 5.35. The molecule has 0 aliphatic carbocycles. The zero-order valence-corrected chi connectivity index (χ0v) is 16.1. The summed E-state index contributed by atoms with van der Waals surface area (Å²) in [6.45, 7) is 8.01. The lowest BCUT2D eigenvalue weighted by Crippen LogP contribution is -2.53. The van der Waals surface area contributed by atoms with Crippen molar-refractivity contribution in [2.45, 2.75) is 63.6 Å². The van der Waals surface area contributed by atoms with E-state index in [1.54, 1.807) is 0 Å². The molecule has 0 amide bonds. The van der Waals surface area contributed by atoms with Gasteiger partial charge in [0.05, 0.1) is 6.61 Å². The van der Waals surface area contributed by atoms with Gasteiger partial charge in [0, 0.05) is 18.7 Å². The van der Waals surface area contributed by atoms with Crippen molar-refractivity contribution >= 4 is 0 Å². The molecule has 0 radical (unpaired) electrons. The number of aliphatic hydroxyl groups excluding tert-OH is 1. The molecule has 0 spiro atoms. The number of hydrogen-bond acceptors (Lipinski definition) is 7. The smallest absolute Gasteiger partial charge is 0.190 e. The van der Waals surface area contributed by atoms with E-state index < -0.39 is 18.4 Å². The number of nitrogens with zero attached hydrogens (tertiary/aromatic N) is 1. The second-order valence-electron chi connectivity index (χ2n) is 7.70. The highest BCUT2D eigenvalue weighted by molar-refractivity contribution is 5.17. The van der Waals surface area contributed by atoms with Crippen LogP contribution in [0.2, 0.25) is 0 Å². The minimum Gasteiger partial charge on any atom is -0.395 e. The lowest BCUT2D eigenvalue weighted by molar-refractivity contribution is -0.311. The third-order valence-corrected chi connectivity index (χ3v) is 5.35. The minimum absolute atomic E-state index is 0.111. The van der Waals surface area contributed by atoms with E-state index in [0.717, 1.165) is 12.1 Å². The van der Waals surface area contributed by atoms with Crippen molar-refractivity contribution in [1.29, 1.82) is 0 Å². The van der Waals surface area contributed by atoms with Gasteiger partial charge in [-0.2, -0.15) is 0 Å². The van der Waals surface area contributed by atoms with Crippen molar-refractivity contribution in [2.75, 3.05) is 26.2 Å². The van der Waals surface area contributed by atoms with Gasteiger partial charge in [-0.15, -0.1) is 0 Å². The fourth-order valence-corrected chi connectivity index (χ4v) is 4.06. The van der Waals surface area contributed by atoms with Crippen molar-refractivity contribution in [3.8, 4) is 0 Å². The van der Waals surface area contributed by atoms with Gasteiger partial charge in [-0.1, -0.05) is 37.3 Å². The fourth-order valence-electron chi connectivity index (χ4n) is 4.06. The van der Waals surface area contributed by atoms with E-state index in [-0.39, 0.29) is 31.0 Å². The van der Waals surface area contributed by atoms with Crippen LogP contribution in [0, 0.1) is 0 Å². The summed E-state index contributed by atoms with van der Waals surface area (Å²) in [5, 5.41) is 9.33. The van der Waals surface area contributed by atoms with E-state index in [9.17, 15) is 5.11 Å². The summed E-state index contributed by atoms with van der Waals surface area (Å²) in [4.78, 5) is 2.15. The first-order chi connectivity index (χ1) is 13.0. The van der Waals surface area contributed by atoms with Crippen molar-refractivity contribution in [2.24, 2.45) is 0 Å². The van der Waals surface area contributed by atoms with E-state index >= 15 is 0 Å². The average Bonchev–Trinajstić information content (AvgIpc) is 3.14. The number of benzene rings is 1. The zero-order valence-electron chi connectivity index (χ0n) is 16.1. The molecule has 3 heterocycles. The molecular weight excluding hydrogens is 350 g/mol. The van der Waals surface area contributed by atoms with Gasteiger partial charge < -0.3 is 28.8 Å². The van der Waals surface area contributed by atoms with Crippen LogP contribution in [-0.2, 0) is 23.7 Å². The largest absolute Gasteiger partial charge is 0.395 e. The van der Waals surface area contributed by atoms with Gasteiger partial charge in [0.1, 0.15) is 24.4 Å². The number of likely N-dealkylation sites (N-methyl/N-ethyl adjacent to an activating group) is 1. The Labute approximate surface area is 160 Å². The van der Waals surface area contributed by atoms with Gasteiger partial charge in [0.2, 0.25) is 0 Å². The average molecular weight is 379 g/mol. The number of rotatable bonds is 6. The van der Waals surface area contributed by atoms with Gasteiger partial charge in [-0.05, 0) is 20.4 Å². The molecule has 7 nitrogen and oxygen atoms in total. The van der Waals surface area contributed by atoms with Crippen LogP contribution < -0.4 is 0 Å². The lowest BCUT2D eigenvalue weighted by atomic mass is 10.0. The monoisotopic (exact) mass is 379 g/mol. The molecule has 6 unspecified atom stereocenters. The summed E-state index contributed by atoms with van der Waals surface area (Å²) >= 11 is 0. The normalized spacial score (nSPS) is 37.4. The number of aliphatic hydroxyl groups is 1. The van der Waals surface area contributed by atoms with E-state index in [4.69, 9.17) is 23.7 Å². The summed E-state index contributed by atoms with van der Waals surface area (Å²) in [7, 11) is 0. The maximum Gasteiger partial charge on any atom is 0.190 e. The Kier molecular flexibility index (Phi) is 5.53. The summed E-state index contributed by atoms with van der Waals surface area (Å²) in [5.41, 5.74) is 0.966. The predicted octanol–water partition coefficient (Wildman–Crippen LogP) is 1.66. The van der Waals surface area contributed by atoms with Crippen LogP contribution in [0.25, 0.3) is 0 Å². The second kappa shape index (κ2) is 7.75. The van der Waals surface area contributed by atoms with Gasteiger partial charge in [0.15, 0.2) is 18.4 Å². The molecule has 1 N–H and O–H groups in total. The van der Waals surface area contributed by atoms with Crippen LogP contribution in [0.4, 0.5) is 0 Å². The predicted molar refractivity (Wildman–Crippen MR) is 96.8 cm³/mol. The molecule has 7 heteroatoms. The lowest BCUT2D eigenvalue weighted by Gasteiger charge is -2.41.